The first kappa shape index (κ1) is 16.0. The zero-order valence-corrected chi connectivity index (χ0v) is 13.6. The number of carbonyl (C=O) groups is 1. The van der Waals surface area contributed by atoms with Crippen LogP contribution in [0, 0.1) is 6.92 Å². The molecule has 1 aromatic carbocycles. The van der Waals surface area contributed by atoms with Crippen molar-refractivity contribution in [3.8, 4) is 11.3 Å². The van der Waals surface area contributed by atoms with Gasteiger partial charge < -0.3 is 9.67 Å². The normalized spacial score (nSPS) is 11.4. The molecule has 0 unspecified atom stereocenters. The third-order valence-corrected chi connectivity index (χ3v) is 4.17. The van der Waals surface area contributed by atoms with Crippen molar-refractivity contribution in [1.82, 2.24) is 9.55 Å². The van der Waals surface area contributed by atoms with Gasteiger partial charge in [0.15, 0.2) is 0 Å². The van der Waals surface area contributed by atoms with Crippen molar-refractivity contribution in [1.29, 1.82) is 0 Å². The predicted octanol–water partition coefficient (Wildman–Crippen LogP) is 4.43. The molecule has 3 rings (SSSR count). The molecule has 0 fully saturated rings. The van der Waals surface area contributed by atoms with Crippen molar-refractivity contribution in [3.05, 3.63) is 66.5 Å². The fourth-order valence-corrected chi connectivity index (χ4v) is 3.14. The third kappa shape index (κ3) is 3.23. The maximum atomic E-state index is 10.6. The Morgan fingerprint density at radius 3 is 2.83 bits per heavy atom. The number of para-hydroxylation sites is 1. The Bertz CT molecular complexity index is 879. The number of carboxylic acids is 1. The average molecular weight is 320 g/mol. The number of aryl methyl sites for hydroxylation is 2. The van der Waals surface area contributed by atoms with Gasteiger partial charge in [-0.1, -0.05) is 24.3 Å². The number of rotatable bonds is 6. The first-order valence-electron chi connectivity index (χ1n) is 8.06. The van der Waals surface area contributed by atoms with Crippen LogP contribution in [-0.4, -0.2) is 20.6 Å². The quantitative estimate of drug-likeness (QED) is 0.540. The predicted molar refractivity (Wildman–Crippen MR) is 95.9 cm³/mol. The summed E-state index contributed by atoms with van der Waals surface area (Å²) in [6, 6.07) is 12.4. The Balaban J connectivity index is 1.97. The van der Waals surface area contributed by atoms with Crippen molar-refractivity contribution in [2.75, 3.05) is 0 Å². The smallest absolute Gasteiger partial charge is 0.327 e. The molecule has 1 N–H and O–H groups in total. The maximum absolute atomic E-state index is 10.6. The number of nitrogens with zero attached hydrogens (tertiary/aromatic N) is 2. The lowest BCUT2D eigenvalue weighted by molar-refractivity contribution is -0.131. The van der Waals surface area contributed by atoms with Gasteiger partial charge in [0.05, 0.1) is 5.69 Å². The lowest BCUT2D eigenvalue weighted by atomic mass is 10.1. The summed E-state index contributed by atoms with van der Waals surface area (Å²) in [6.45, 7) is 2.98. The van der Waals surface area contributed by atoms with Crippen LogP contribution in [0.15, 0.2) is 60.9 Å². The summed E-state index contributed by atoms with van der Waals surface area (Å²) in [5, 5.41) is 9.92. The lowest BCUT2D eigenvalue weighted by Gasteiger charge is -2.11. The second-order valence-corrected chi connectivity index (χ2v) is 5.77. The highest BCUT2D eigenvalue weighted by Crippen LogP contribution is 2.33. The molecule has 4 nitrogen and oxygen atoms in total. The van der Waals surface area contributed by atoms with Crippen molar-refractivity contribution in [2.24, 2.45) is 0 Å². The number of allylic oxidation sites excluding steroid dienone is 1. The second kappa shape index (κ2) is 7.13. The summed E-state index contributed by atoms with van der Waals surface area (Å²) in [5.74, 6) is -0.895. The minimum absolute atomic E-state index is 0.740. The van der Waals surface area contributed by atoms with Crippen LogP contribution >= 0.6 is 0 Å². The molecular weight excluding hydrogens is 300 g/mol. The number of unbranched alkanes of at least 4 members (excludes halogenated alkanes) is 1. The Labute approximate surface area is 141 Å². The lowest BCUT2D eigenvalue weighted by Crippen LogP contribution is -2.01. The first-order valence-corrected chi connectivity index (χ1v) is 8.06. The minimum atomic E-state index is -0.895. The van der Waals surface area contributed by atoms with Crippen molar-refractivity contribution in [3.63, 3.8) is 0 Å². The number of hydrogen-bond donors (Lipinski definition) is 1. The van der Waals surface area contributed by atoms with Crippen molar-refractivity contribution >= 4 is 16.9 Å². The van der Waals surface area contributed by atoms with E-state index in [9.17, 15) is 4.79 Å². The molecule has 2 aromatic heterocycles. The van der Waals surface area contributed by atoms with Crippen LogP contribution in [0.5, 0.6) is 0 Å². The molecule has 0 atom stereocenters. The van der Waals surface area contributed by atoms with Gasteiger partial charge in [0, 0.05) is 41.5 Å². The molecule has 122 valence electrons. The van der Waals surface area contributed by atoms with E-state index in [2.05, 4.69) is 46.8 Å². The van der Waals surface area contributed by atoms with E-state index in [1.807, 2.05) is 12.3 Å². The fraction of sp³-hybridized carbons (Fsp3) is 0.200. The second-order valence-electron chi connectivity index (χ2n) is 5.77. The van der Waals surface area contributed by atoms with Gasteiger partial charge in [-0.15, -0.1) is 0 Å². The van der Waals surface area contributed by atoms with Gasteiger partial charge in [-0.2, -0.15) is 0 Å². The van der Waals surface area contributed by atoms with E-state index in [1.54, 1.807) is 12.3 Å². The van der Waals surface area contributed by atoms with Crippen molar-refractivity contribution < 1.29 is 9.90 Å². The number of carboxylic acid groups (broad SMARTS) is 1. The highest BCUT2D eigenvalue weighted by atomic mass is 16.4. The van der Waals surface area contributed by atoms with Crippen LogP contribution in [-0.2, 0) is 11.3 Å². The molecule has 4 heteroatoms. The number of hydrogen-bond acceptors (Lipinski definition) is 2. The summed E-state index contributed by atoms with van der Waals surface area (Å²) in [5.41, 5.74) is 4.74. The van der Waals surface area contributed by atoms with Gasteiger partial charge >= 0.3 is 5.97 Å². The molecule has 24 heavy (non-hydrogen) atoms. The van der Waals surface area contributed by atoms with E-state index in [0.29, 0.717) is 0 Å². The van der Waals surface area contributed by atoms with E-state index in [4.69, 9.17) is 5.11 Å². The molecule has 0 saturated heterocycles. The van der Waals surface area contributed by atoms with Gasteiger partial charge in [0.25, 0.3) is 0 Å². The number of aliphatic carboxylic acids is 1. The standard InChI is InChI=1S/C20H20N2O2/c1-15-17-9-4-5-10-18(17)22(13-6-2-3-11-19(23)24)20(15)16-8-7-12-21-14-16/h3-5,7-12,14H,2,6,13H2,1H3,(H,23,24). The van der Waals surface area contributed by atoms with Crippen LogP contribution in [0.2, 0.25) is 0 Å². The van der Waals surface area contributed by atoms with Gasteiger partial charge in [0.2, 0.25) is 0 Å². The summed E-state index contributed by atoms with van der Waals surface area (Å²) in [4.78, 5) is 14.8. The van der Waals surface area contributed by atoms with Crippen LogP contribution in [0.3, 0.4) is 0 Å². The van der Waals surface area contributed by atoms with E-state index < -0.39 is 5.97 Å². The monoisotopic (exact) mass is 320 g/mol. The first-order chi connectivity index (χ1) is 11.7. The summed E-state index contributed by atoms with van der Waals surface area (Å²) < 4.78 is 2.32. The maximum Gasteiger partial charge on any atom is 0.327 e. The molecule has 3 aromatic rings. The summed E-state index contributed by atoms with van der Waals surface area (Å²) >= 11 is 0. The molecule has 0 aliphatic rings. The molecule has 0 aliphatic heterocycles. The molecule has 0 aliphatic carbocycles. The van der Waals surface area contributed by atoms with Gasteiger partial charge in [-0.05, 0) is 43.5 Å². The molecule has 2 heterocycles. The zero-order valence-electron chi connectivity index (χ0n) is 13.6. The highest BCUT2D eigenvalue weighted by molar-refractivity contribution is 5.91. The van der Waals surface area contributed by atoms with Crippen LogP contribution in [0.4, 0.5) is 0 Å². The number of pyridine rings is 1. The van der Waals surface area contributed by atoms with E-state index in [1.165, 1.54) is 28.2 Å². The molecule has 0 bridgehead atoms. The molecule has 0 saturated carbocycles. The van der Waals surface area contributed by atoms with Gasteiger partial charge in [-0.3, -0.25) is 4.98 Å². The minimum Gasteiger partial charge on any atom is -0.478 e. The molecule has 0 radical (unpaired) electrons. The number of fused-ring (bicyclic) bond motifs is 1. The molecule has 0 spiro atoms. The van der Waals surface area contributed by atoms with Crippen LogP contribution < -0.4 is 0 Å². The summed E-state index contributed by atoms with van der Waals surface area (Å²) in [7, 11) is 0. The molecule has 0 amide bonds. The largest absolute Gasteiger partial charge is 0.478 e. The van der Waals surface area contributed by atoms with Crippen LogP contribution in [0.25, 0.3) is 22.2 Å². The fourth-order valence-electron chi connectivity index (χ4n) is 3.14. The highest BCUT2D eigenvalue weighted by Gasteiger charge is 2.15. The van der Waals surface area contributed by atoms with E-state index >= 15 is 0 Å². The number of benzene rings is 1. The Morgan fingerprint density at radius 1 is 1.25 bits per heavy atom. The zero-order chi connectivity index (χ0) is 16.9. The Kier molecular flexibility index (Phi) is 4.75. The van der Waals surface area contributed by atoms with E-state index in [-0.39, 0.29) is 0 Å². The third-order valence-electron chi connectivity index (χ3n) is 4.17. The SMILES string of the molecule is Cc1c(-c2cccnc2)n(CCCC=CC(=O)O)c2ccccc12. The number of aromatic nitrogens is 2. The van der Waals surface area contributed by atoms with Crippen molar-refractivity contribution in [2.45, 2.75) is 26.3 Å². The Hall–Kier alpha value is -2.88. The average Bonchev–Trinajstić information content (AvgIpc) is 2.88. The summed E-state index contributed by atoms with van der Waals surface area (Å²) in [6.07, 6.45) is 8.22. The van der Waals surface area contributed by atoms with Gasteiger partial charge in [-0.25, -0.2) is 4.79 Å². The topological polar surface area (TPSA) is 55.1 Å². The Morgan fingerprint density at radius 2 is 2.08 bits per heavy atom. The van der Waals surface area contributed by atoms with Crippen LogP contribution in [0.1, 0.15) is 18.4 Å². The molecular formula is C20H20N2O2. The van der Waals surface area contributed by atoms with Gasteiger partial charge in [0.1, 0.15) is 0 Å². The van der Waals surface area contributed by atoms with E-state index in [0.717, 1.165) is 24.9 Å².